The van der Waals surface area contributed by atoms with Gasteiger partial charge >= 0.3 is 0 Å². The van der Waals surface area contributed by atoms with Crippen LogP contribution in [0.15, 0.2) is 42.9 Å². The molecular formula is C23H29N5O4. The van der Waals surface area contributed by atoms with Crippen molar-refractivity contribution in [2.24, 2.45) is 7.05 Å². The fraction of sp³-hybridized carbons (Fsp3) is 0.391. The van der Waals surface area contributed by atoms with Gasteiger partial charge in [0.25, 0.3) is 5.91 Å². The van der Waals surface area contributed by atoms with Crippen LogP contribution in [0.1, 0.15) is 15.9 Å². The van der Waals surface area contributed by atoms with Gasteiger partial charge in [0.1, 0.15) is 11.4 Å². The molecule has 0 saturated carbocycles. The molecule has 3 heterocycles. The van der Waals surface area contributed by atoms with Crippen LogP contribution in [0.4, 0.5) is 0 Å². The molecule has 9 heteroatoms. The number of methoxy groups -OCH3 is 3. The fourth-order valence-electron chi connectivity index (χ4n) is 4.17. The van der Waals surface area contributed by atoms with Crippen molar-refractivity contribution in [2.75, 3.05) is 47.5 Å². The Morgan fingerprint density at radius 1 is 0.969 bits per heavy atom. The van der Waals surface area contributed by atoms with Crippen LogP contribution in [0.3, 0.4) is 0 Å². The van der Waals surface area contributed by atoms with Crippen molar-refractivity contribution >= 4 is 5.91 Å². The summed E-state index contributed by atoms with van der Waals surface area (Å²) in [7, 11) is 6.69. The molecule has 0 N–H and O–H groups in total. The van der Waals surface area contributed by atoms with Gasteiger partial charge in [-0.3, -0.25) is 14.4 Å². The second-order valence-corrected chi connectivity index (χ2v) is 7.66. The molecule has 0 bridgehead atoms. The third-order valence-electron chi connectivity index (χ3n) is 5.83. The maximum Gasteiger partial charge on any atom is 0.259 e. The zero-order valence-electron chi connectivity index (χ0n) is 18.9. The smallest absolute Gasteiger partial charge is 0.259 e. The average molecular weight is 440 g/mol. The number of hydrogen-bond donors (Lipinski definition) is 0. The molecule has 1 aromatic carbocycles. The lowest BCUT2D eigenvalue weighted by Gasteiger charge is -2.35. The van der Waals surface area contributed by atoms with Crippen molar-refractivity contribution in [1.29, 1.82) is 0 Å². The predicted octanol–water partition coefficient (Wildman–Crippen LogP) is 2.19. The molecule has 2 aromatic heterocycles. The largest absolute Gasteiger partial charge is 0.493 e. The van der Waals surface area contributed by atoms with Crippen LogP contribution in [0.2, 0.25) is 0 Å². The van der Waals surface area contributed by atoms with Gasteiger partial charge in [-0.05, 0) is 18.2 Å². The number of carbonyl (C=O) groups excluding carboxylic acids is 1. The lowest BCUT2D eigenvalue weighted by atomic mass is 10.1. The van der Waals surface area contributed by atoms with E-state index in [-0.39, 0.29) is 5.91 Å². The molecule has 1 aliphatic heterocycles. The summed E-state index contributed by atoms with van der Waals surface area (Å²) < 4.78 is 20.1. The molecule has 1 amide bonds. The molecule has 1 saturated heterocycles. The summed E-state index contributed by atoms with van der Waals surface area (Å²) in [5.74, 6) is 2.69. The van der Waals surface area contributed by atoms with E-state index in [2.05, 4.69) is 10.00 Å². The number of hydrogen-bond acceptors (Lipinski definition) is 6. The number of piperazine rings is 1. The first-order valence-corrected chi connectivity index (χ1v) is 10.5. The van der Waals surface area contributed by atoms with Crippen LogP contribution in [-0.2, 0) is 13.6 Å². The highest BCUT2D eigenvalue weighted by Gasteiger charge is 2.27. The van der Waals surface area contributed by atoms with Crippen LogP contribution in [0.25, 0.3) is 5.82 Å². The lowest BCUT2D eigenvalue weighted by molar-refractivity contribution is 0.0627. The highest BCUT2D eigenvalue weighted by molar-refractivity contribution is 5.97. The van der Waals surface area contributed by atoms with Crippen LogP contribution in [-0.4, -0.2) is 77.6 Å². The summed E-state index contributed by atoms with van der Waals surface area (Å²) in [4.78, 5) is 17.4. The molecule has 0 atom stereocenters. The van der Waals surface area contributed by atoms with E-state index in [1.54, 1.807) is 32.2 Å². The van der Waals surface area contributed by atoms with Crippen LogP contribution in [0.5, 0.6) is 17.2 Å². The van der Waals surface area contributed by atoms with E-state index in [1.807, 2.05) is 53.2 Å². The molecule has 3 aromatic rings. The first-order chi connectivity index (χ1) is 15.6. The number of carbonyl (C=O) groups is 1. The average Bonchev–Trinajstić information content (AvgIpc) is 3.48. The van der Waals surface area contributed by atoms with E-state index >= 15 is 0 Å². The third kappa shape index (κ3) is 4.03. The van der Waals surface area contributed by atoms with E-state index in [0.717, 1.165) is 24.5 Å². The lowest BCUT2D eigenvalue weighted by Crippen LogP contribution is -2.48. The van der Waals surface area contributed by atoms with Gasteiger partial charge in [0, 0.05) is 57.7 Å². The normalized spacial score (nSPS) is 14.4. The summed E-state index contributed by atoms with van der Waals surface area (Å²) in [6.45, 7) is 3.53. The van der Waals surface area contributed by atoms with Gasteiger partial charge in [-0.15, -0.1) is 0 Å². The number of ether oxygens (including phenoxy) is 3. The highest BCUT2D eigenvalue weighted by atomic mass is 16.5. The van der Waals surface area contributed by atoms with Gasteiger partial charge < -0.3 is 23.7 Å². The summed E-state index contributed by atoms with van der Waals surface area (Å²) >= 11 is 0. The second-order valence-electron chi connectivity index (χ2n) is 7.66. The molecule has 0 spiro atoms. The Morgan fingerprint density at radius 2 is 1.66 bits per heavy atom. The summed E-state index contributed by atoms with van der Waals surface area (Å²) in [6.07, 6.45) is 5.49. The maximum atomic E-state index is 13.2. The third-order valence-corrected chi connectivity index (χ3v) is 5.83. The Hall–Kier alpha value is -3.46. The van der Waals surface area contributed by atoms with Crippen molar-refractivity contribution in [1.82, 2.24) is 24.1 Å². The minimum absolute atomic E-state index is 0.00477. The summed E-state index contributed by atoms with van der Waals surface area (Å²) in [6, 6.07) is 7.75. The molecular weight excluding hydrogens is 410 g/mol. The monoisotopic (exact) mass is 439 g/mol. The zero-order chi connectivity index (χ0) is 22.7. The maximum absolute atomic E-state index is 13.2. The Morgan fingerprint density at radius 3 is 2.28 bits per heavy atom. The second kappa shape index (κ2) is 9.35. The number of aryl methyl sites for hydroxylation is 1. The fourth-order valence-corrected chi connectivity index (χ4v) is 4.17. The first kappa shape index (κ1) is 21.8. The first-order valence-electron chi connectivity index (χ1n) is 10.5. The molecule has 9 nitrogen and oxygen atoms in total. The van der Waals surface area contributed by atoms with Crippen molar-refractivity contribution < 1.29 is 19.0 Å². The molecule has 32 heavy (non-hydrogen) atoms. The van der Waals surface area contributed by atoms with Crippen molar-refractivity contribution in [3.05, 3.63) is 54.0 Å². The van der Waals surface area contributed by atoms with E-state index in [4.69, 9.17) is 14.2 Å². The van der Waals surface area contributed by atoms with Crippen LogP contribution >= 0.6 is 0 Å². The molecule has 1 fully saturated rings. The van der Waals surface area contributed by atoms with Crippen molar-refractivity contribution in [3.63, 3.8) is 0 Å². The van der Waals surface area contributed by atoms with E-state index in [1.165, 1.54) is 0 Å². The summed E-state index contributed by atoms with van der Waals surface area (Å²) in [5.41, 5.74) is 1.63. The van der Waals surface area contributed by atoms with E-state index in [9.17, 15) is 4.79 Å². The van der Waals surface area contributed by atoms with Crippen LogP contribution < -0.4 is 14.2 Å². The van der Waals surface area contributed by atoms with E-state index in [0.29, 0.717) is 42.4 Å². The molecule has 4 rings (SSSR count). The predicted molar refractivity (Wildman–Crippen MR) is 120 cm³/mol. The number of aromatic nitrogens is 3. The Kier molecular flexibility index (Phi) is 6.36. The molecule has 0 unspecified atom stereocenters. The number of benzene rings is 1. The number of nitrogens with zero attached hydrogens (tertiary/aromatic N) is 5. The minimum Gasteiger partial charge on any atom is -0.493 e. The quantitative estimate of drug-likeness (QED) is 0.562. The minimum atomic E-state index is 0.00477. The van der Waals surface area contributed by atoms with Crippen LogP contribution in [0, 0.1) is 0 Å². The standard InChI is InChI=1S/C23H29N5O4/c1-25-22(27-9-5-6-10-27)18(15-24-25)23(29)28-13-11-26(12-14-28)16-17-7-8-19(30-2)21(32-4)20(17)31-3/h5-10,15H,11-14,16H2,1-4H3. The SMILES string of the molecule is COc1ccc(CN2CCN(C(=O)c3cnn(C)c3-n3cccc3)CC2)c(OC)c1OC. The van der Waals surface area contributed by atoms with E-state index < -0.39 is 0 Å². The Balaban J connectivity index is 1.44. The van der Waals surface area contributed by atoms with Gasteiger partial charge in [0.15, 0.2) is 11.5 Å². The molecule has 0 aliphatic carbocycles. The van der Waals surface area contributed by atoms with Gasteiger partial charge in [-0.1, -0.05) is 6.07 Å². The Labute approximate surface area is 187 Å². The zero-order valence-corrected chi connectivity index (χ0v) is 18.9. The van der Waals surface area contributed by atoms with Gasteiger partial charge in [0.2, 0.25) is 5.75 Å². The topological polar surface area (TPSA) is 74.0 Å². The van der Waals surface area contributed by atoms with Gasteiger partial charge in [0.05, 0.1) is 27.5 Å². The number of amides is 1. The summed E-state index contributed by atoms with van der Waals surface area (Å²) in [5, 5.41) is 4.31. The highest BCUT2D eigenvalue weighted by Crippen LogP contribution is 2.40. The molecule has 0 radical (unpaired) electrons. The van der Waals surface area contributed by atoms with Crippen molar-refractivity contribution in [2.45, 2.75) is 6.54 Å². The number of rotatable bonds is 7. The Bertz CT molecular complexity index is 1070. The van der Waals surface area contributed by atoms with Gasteiger partial charge in [-0.25, -0.2) is 0 Å². The van der Waals surface area contributed by atoms with Gasteiger partial charge in [-0.2, -0.15) is 5.10 Å². The molecule has 170 valence electrons. The van der Waals surface area contributed by atoms with Crippen molar-refractivity contribution in [3.8, 4) is 23.1 Å². The molecule has 1 aliphatic rings.